The van der Waals surface area contributed by atoms with Gasteiger partial charge in [-0.15, -0.1) is 0 Å². The van der Waals surface area contributed by atoms with Crippen molar-refractivity contribution in [3.8, 4) is 6.07 Å². The molecule has 1 aliphatic carbocycles. The Morgan fingerprint density at radius 1 is 1.33 bits per heavy atom. The standard InChI is InChI=1S/C18H24N2O/c1-14-3-5-16(6-4-14)7-8-17(21)20-18(13-19)11-9-15(2)10-12-18/h3-6,15H,7-12H2,1-2H3,(H,20,21). The summed E-state index contributed by atoms with van der Waals surface area (Å²) in [5.74, 6) is 0.655. The first-order chi connectivity index (χ1) is 10.0. The number of rotatable bonds is 4. The average molecular weight is 284 g/mol. The summed E-state index contributed by atoms with van der Waals surface area (Å²) >= 11 is 0. The summed E-state index contributed by atoms with van der Waals surface area (Å²) < 4.78 is 0. The first kappa shape index (κ1) is 15.6. The van der Waals surface area contributed by atoms with Gasteiger partial charge in [0.2, 0.25) is 5.91 Å². The molecule has 1 N–H and O–H groups in total. The van der Waals surface area contributed by atoms with Crippen molar-refractivity contribution in [3.63, 3.8) is 0 Å². The van der Waals surface area contributed by atoms with Gasteiger partial charge >= 0.3 is 0 Å². The van der Waals surface area contributed by atoms with Crippen molar-refractivity contribution in [1.82, 2.24) is 5.32 Å². The van der Waals surface area contributed by atoms with Gasteiger partial charge in [0.15, 0.2) is 0 Å². The van der Waals surface area contributed by atoms with Crippen molar-refractivity contribution in [3.05, 3.63) is 35.4 Å². The highest BCUT2D eigenvalue weighted by atomic mass is 16.1. The van der Waals surface area contributed by atoms with E-state index in [1.54, 1.807) is 0 Å². The molecule has 21 heavy (non-hydrogen) atoms. The summed E-state index contributed by atoms with van der Waals surface area (Å²) in [6.07, 6.45) is 4.77. The molecule has 0 aliphatic heterocycles. The second-order valence-corrected chi connectivity index (χ2v) is 6.41. The topological polar surface area (TPSA) is 52.9 Å². The van der Waals surface area contributed by atoms with E-state index in [1.807, 2.05) is 0 Å². The predicted molar refractivity (Wildman–Crippen MR) is 83.6 cm³/mol. The number of carbonyl (C=O) groups excluding carboxylic acids is 1. The minimum absolute atomic E-state index is 0.00771. The third-order valence-electron chi connectivity index (χ3n) is 4.48. The lowest BCUT2D eigenvalue weighted by Gasteiger charge is -2.34. The third kappa shape index (κ3) is 4.32. The molecule has 0 atom stereocenters. The van der Waals surface area contributed by atoms with Gasteiger partial charge in [0.05, 0.1) is 6.07 Å². The molecule has 3 heteroatoms. The third-order valence-corrected chi connectivity index (χ3v) is 4.48. The zero-order valence-electron chi connectivity index (χ0n) is 13.0. The smallest absolute Gasteiger partial charge is 0.221 e. The number of carbonyl (C=O) groups is 1. The molecule has 0 radical (unpaired) electrons. The molecule has 0 heterocycles. The Morgan fingerprint density at radius 2 is 1.95 bits per heavy atom. The molecule has 1 amide bonds. The summed E-state index contributed by atoms with van der Waals surface area (Å²) in [4.78, 5) is 12.1. The van der Waals surface area contributed by atoms with E-state index in [0.29, 0.717) is 12.3 Å². The van der Waals surface area contributed by atoms with E-state index >= 15 is 0 Å². The van der Waals surface area contributed by atoms with Crippen molar-refractivity contribution in [2.75, 3.05) is 0 Å². The molecule has 1 aliphatic rings. The molecule has 0 saturated heterocycles. The van der Waals surface area contributed by atoms with Gasteiger partial charge in [0.25, 0.3) is 0 Å². The van der Waals surface area contributed by atoms with Crippen LogP contribution in [0.15, 0.2) is 24.3 Å². The van der Waals surface area contributed by atoms with Crippen LogP contribution < -0.4 is 5.32 Å². The maximum Gasteiger partial charge on any atom is 0.221 e. The van der Waals surface area contributed by atoms with Crippen molar-refractivity contribution in [2.24, 2.45) is 5.92 Å². The lowest BCUT2D eigenvalue weighted by Crippen LogP contribution is -2.49. The molecule has 1 saturated carbocycles. The fourth-order valence-corrected chi connectivity index (χ4v) is 2.86. The van der Waals surface area contributed by atoms with Gasteiger partial charge in [0, 0.05) is 6.42 Å². The lowest BCUT2D eigenvalue weighted by molar-refractivity contribution is -0.122. The molecule has 0 spiro atoms. The average Bonchev–Trinajstić information content (AvgIpc) is 2.49. The minimum atomic E-state index is -0.628. The molecule has 112 valence electrons. The van der Waals surface area contributed by atoms with E-state index in [4.69, 9.17) is 0 Å². The number of hydrogen-bond donors (Lipinski definition) is 1. The monoisotopic (exact) mass is 284 g/mol. The Balaban J connectivity index is 1.86. The Hall–Kier alpha value is -1.82. The van der Waals surface area contributed by atoms with Crippen LogP contribution in [0.2, 0.25) is 0 Å². The second kappa shape index (κ2) is 6.76. The number of hydrogen-bond acceptors (Lipinski definition) is 2. The van der Waals surface area contributed by atoms with E-state index in [-0.39, 0.29) is 5.91 Å². The molecule has 3 nitrogen and oxygen atoms in total. The molecular formula is C18H24N2O. The van der Waals surface area contributed by atoms with Crippen molar-refractivity contribution in [2.45, 2.75) is 57.9 Å². The van der Waals surface area contributed by atoms with Crippen LogP contribution in [0.1, 0.15) is 50.2 Å². The van der Waals surface area contributed by atoms with Crippen LogP contribution in [0, 0.1) is 24.2 Å². The van der Waals surface area contributed by atoms with Crippen LogP contribution in [-0.2, 0) is 11.2 Å². The summed E-state index contributed by atoms with van der Waals surface area (Å²) in [5.41, 5.74) is 1.76. The van der Waals surface area contributed by atoms with E-state index in [1.165, 1.54) is 11.1 Å². The van der Waals surface area contributed by atoms with E-state index in [2.05, 4.69) is 49.5 Å². The Morgan fingerprint density at radius 3 is 2.52 bits per heavy atom. The number of nitriles is 1. The zero-order valence-corrected chi connectivity index (χ0v) is 13.0. The zero-order chi connectivity index (χ0) is 15.3. The van der Waals surface area contributed by atoms with E-state index in [9.17, 15) is 10.1 Å². The largest absolute Gasteiger partial charge is 0.338 e. The highest BCUT2D eigenvalue weighted by Crippen LogP contribution is 2.31. The Kier molecular flexibility index (Phi) is 5.01. The van der Waals surface area contributed by atoms with Gasteiger partial charge in [0.1, 0.15) is 5.54 Å². The molecule has 2 rings (SSSR count). The van der Waals surface area contributed by atoms with Gasteiger partial charge in [-0.3, -0.25) is 4.79 Å². The van der Waals surface area contributed by atoms with Crippen molar-refractivity contribution >= 4 is 5.91 Å². The van der Waals surface area contributed by atoms with Crippen LogP contribution in [0.4, 0.5) is 0 Å². The van der Waals surface area contributed by atoms with Gasteiger partial charge in [-0.1, -0.05) is 36.8 Å². The Labute approximate surface area is 127 Å². The van der Waals surface area contributed by atoms with Crippen LogP contribution >= 0.6 is 0 Å². The van der Waals surface area contributed by atoms with Gasteiger partial charge in [-0.25, -0.2) is 0 Å². The van der Waals surface area contributed by atoms with Crippen LogP contribution in [0.25, 0.3) is 0 Å². The molecule has 0 aromatic heterocycles. The Bertz CT molecular complexity index is 519. The highest BCUT2D eigenvalue weighted by Gasteiger charge is 2.35. The summed E-state index contributed by atoms with van der Waals surface area (Å²) in [6, 6.07) is 10.6. The van der Waals surface area contributed by atoms with Gasteiger partial charge in [-0.2, -0.15) is 5.26 Å². The van der Waals surface area contributed by atoms with Gasteiger partial charge < -0.3 is 5.32 Å². The lowest BCUT2D eigenvalue weighted by atomic mass is 9.78. The highest BCUT2D eigenvalue weighted by molar-refractivity contribution is 5.77. The summed E-state index contributed by atoms with van der Waals surface area (Å²) in [6.45, 7) is 4.26. The first-order valence-electron chi connectivity index (χ1n) is 7.81. The van der Waals surface area contributed by atoms with E-state index < -0.39 is 5.54 Å². The summed E-state index contributed by atoms with van der Waals surface area (Å²) in [5, 5.41) is 12.4. The fourth-order valence-electron chi connectivity index (χ4n) is 2.86. The summed E-state index contributed by atoms with van der Waals surface area (Å²) in [7, 11) is 0. The molecular weight excluding hydrogens is 260 g/mol. The number of amides is 1. The quantitative estimate of drug-likeness (QED) is 0.919. The maximum absolute atomic E-state index is 12.1. The number of nitrogens with zero attached hydrogens (tertiary/aromatic N) is 1. The molecule has 0 bridgehead atoms. The van der Waals surface area contributed by atoms with Crippen molar-refractivity contribution < 1.29 is 4.79 Å². The van der Waals surface area contributed by atoms with Crippen LogP contribution in [0.5, 0.6) is 0 Å². The number of nitrogens with one attached hydrogen (secondary N) is 1. The van der Waals surface area contributed by atoms with Crippen LogP contribution in [-0.4, -0.2) is 11.4 Å². The minimum Gasteiger partial charge on any atom is -0.338 e. The maximum atomic E-state index is 12.1. The molecule has 1 aromatic carbocycles. The predicted octanol–water partition coefficient (Wildman–Crippen LogP) is 3.52. The van der Waals surface area contributed by atoms with E-state index in [0.717, 1.165) is 32.1 Å². The fraction of sp³-hybridized carbons (Fsp3) is 0.556. The number of aryl methyl sites for hydroxylation is 2. The molecule has 1 aromatic rings. The molecule has 1 fully saturated rings. The second-order valence-electron chi connectivity index (χ2n) is 6.41. The normalized spacial score (nSPS) is 25.1. The number of benzene rings is 1. The van der Waals surface area contributed by atoms with Crippen LogP contribution in [0.3, 0.4) is 0 Å². The van der Waals surface area contributed by atoms with Crippen molar-refractivity contribution in [1.29, 1.82) is 5.26 Å². The molecule has 0 unspecified atom stereocenters. The van der Waals surface area contributed by atoms with Gasteiger partial charge in [-0.05, 0) is 50.5 Å². The first-order valence-corrected chi connectivity index (χ1v) is 7.81. The SMILES string of the molecule is Cc1ccc(CCC(=O)NC2(C#N)CCC(C)CC2)cc1.